The first kappa shape index (κ1) is 17.5. The SMILES string of the molecule is CC(NC(=O)CSC(C)(C)[C@H](N)C(=O)O)c1ccccc1. The highest BCUT2D eigenvalue weighted by Gasteiger charge is 2.33. The summed E-state index contributed by atoms with van der Waals surface area (Å²) in [6.45, 7) is 5.36. The number of carbonyl (C=O) groups is 2. The molecule has 0 bridgehead atoms. The molecule has 21 heavy (non-hydrogen) atoms. The fourth-order valence-corrected chi connectivity index (χ4v) is 2.61. The third-order valence-corrected chi connectivity index (χ3v) is 4.67. The van der Waals surface area contributed by atoms with E-state index in [9.17, 15) is 9.59 Å². The minimum atomic E-state index is -1.06. The first-order chi connectivity index (χ1) is 9.74. The Morgan fingerprint density at radius 3 is 2.43 bits per heavy atom. The monoisotopic (exact) mass is 310 g/mol. The molecule has 0 radical (unpaired) electrons. The lowest BCUT2D eigenvalue weighted by Gasteiger charge is -2.28. The Hall–Kier alpha value is -1.53. The number of aliphatic carboxylic acids is 1. The Morgan fingerprint density at radius 2 is 1.90 bits per heavy atom. The fraction of sp³-hybridized carbons (Fsp3) is 0.467. The molecule has 0 saturated carbocycles. The summed E-state index contributed by atoms with van der Waals surface area (Å²) in [5.41, 5.74) is 6.65. The van der Waals surface area contributed by atoms with Gasteiger partial charge in [0.05, 0.1) is 11.8 Å². The average molecular weight is 310 g/mol. The van der Waals surface area contributed by atoms with Crippen molar-refractivity contribution in [3.05, 3.63) is 35.9 Å². The number of nitrogens with two attached hydrogens (primary N) is 1. The molecule has 0 aliphatic heterocycles. The largest absolute Gasteiger partial charge is 0.480 e. The summed E-state index contributed by atoms with van der Waals surface area (Å²) >= 11 is 1.24. The maximum Gasteiger partial charge on any atom is 0.321 e. The van der Waals surface area contributed by atoms with Gasteiger partial charge in [0.2, 0.25) is 5.91 Å². The summed E-state index contributed by atoms with van der Waals surface area (Å²) in [6.07, 6.45) is 0. The van der Waals surface area contributed by atoms with E-state index < -0.39 is 16.8 Å². The van der Waals surface area contributed by atoms with E-state index in [2.05, 4.69) is 5.32 Å². The molecule has 1 rings (SSSR count). The Kier molecular flexibility index (Phi) is 6.23. The molecule has 0 fully saturated rings. The quantitative estimate of drug-likeness (QED) is 0.714. The molecular formula is C15H22N2O3S. The van der Waals surface area contributed by atoms with Crippen LogP contribution in [0.4, 0.5) is 0 Å². The molecule has 2 atom stereocenters. The van der Waals surface area contributed by atoms with Crippen LogP contribution in [0.1, 0.15) is 32.4 Å². The van der Waals surface area contributed by atoms with E-state index in [-0.39, 0.29) is 17.7 Å². The molecule has 1 aromatic rings. The number of hydrogen-bond acceptors (Lipinski definition) is 4. The molecule has 1 amide bonds. The van der Waals surface area contributed by atoms with Crippen molar-refractivity contribution in [1.82, 2.24) is 5.32 Å². The maximum atomic E-state index is 11.9. The third-order valence-electron chi connectivity index (χ3n) is 3.27. The predicted molar refractivity (Wildman–Crippen MR) is 85.1 cm³/mol. The first-order valence-electron chi connectivity index (χ1n) is 6.70. The predicted octanol–water partition coefficient (Wildman–Crippen LogP) is 1.79. The number of rotatable bonds is 7. The topological polar surface area (TPSA) is 92.4 Å². The number of amides is 1. The molecule has 0 aliphatic carbocycles. The highest BCUT2D eigenvalue weighted by atomic mass is 32.2. The Labute approximate surface area is 129 Å². The van der Waals surface area contributed by atoms with Gasteiger partial charge in [0.15, 0.2) is 0 Å². The molecule has 116 valence electrons. The van der Waals surface area contributed by atoms with E-state index in [1.54, 1.807) is 13.8 Å². The van der Waals surface area contributed by atoms with Crippen molar-refractivity contribution in [3.8, 4) is 0 Å². The smallest absolute Gasteiger partial charge is 0.321 e. The van der Waals surface area contributed by atoms with Gasteiger partial charge in [-0.15, -0.1) is 11.8 Å². The number of benzene rings is 1. The van der Waals surface area contributed by atoms with Crippen LogP contribution >= 0.6 is 11.8 Å². The van der Waals surface area contributed by atoms with Gasteiger partial charge in [-0.2, -0.15) is 0 Å². The molecule has 0 heterocycles. The van der Waals surface area contributed by atoms with Crippen LogP contribution in [-0.2, 0) is 9.59 Å². The van der Waals surface area contributed by atoms with Crippen LogP contribution in [0.2, 0.25) is 0 Å². The zero-order chi connectivity index (χ0) is 16.0. The van der Waals surface area contributed by atoms with E-state index in [0.717, 1.165) is 5.56 Å². The molecule has 6 heteroatoms. The van der Waals surface area contributed by atoms with Crippen molar-refractivity contribution in [3.63, 3.8) is 0 Å². The summed E-state index contributed by atoms with van der Waals surface area (Å²) in [6, 6.07) is 8.55. The number of hydrogen-bond donors (Lipinski definition) is 3. The highest BCUT2D eigenvalue weighted by Crippen LogP contribution is 2.27. The van der Waals surface area contributed by atoms with Gasteiger partial charge in [0.25, 0.3) is 0 Å². The standard InChI is InChI=1S/C15H22N2O3S/c1-10(11-7-5-4-6-8-11)17-12(18)9-21-15(2,3)13(16)14(19)20/h4-8,10,13H,9,16H2,1-3H3,(H,17,18)(H,19,20)/t10?,13-/m1/s1. The Bertz CT molecular complexity index is 491. The summed E-state index contributed by atoms with van der Waals surface area (Å²) in [5, 5.41) is 11.8. The zero-order valence-electron chi connectivity index (χ0n) is 12.5. The Balaban J connectivity index is 2.49. The van der Waals surface area contributed by atoms with Crippen LogP contribution in [0.5, 0.6) is 0 Å². The highest BCUT2D eigenvalue weighted by molar-refractivity contribution is 8.01. The molecule has 0 spiro atoms. The van der Waals surface area contributed by atoms with Crippen LogP contribution in [0.15, 0.2) is 30.3 Å². The van der Waals surface area contributed by atoms with E-state index in [0.29, 0.717) is 0 Å². The van der Waals surface area contributed by atoms with Crippen LogP contribution in [-0.4, -0.2) is 33.5 Å². The van der Waals surface area contributed by atoms with Crippen molar-refractivity contribution >= 4 is 23.6 Å². The van der Waals surface area contributed by atoms with Gasteiger partial charge < -0.3 is 16.2 Å². The second-order valence-corrected chi connectivity index (χ2v) is 7.04. The van der Waals surface area contributed by atoms with Crippen molar-refractivity contribution in [2.45, 2.75) is 37.6 Å². The third kappa shape index (κ3) is 5.40. The number of carbonyl (C=O) groups excluding carboxylic acids is 1. The van der Waals surface area contributed by atoms with Gasteiger partial charge in [-0.1, -0.05) is 30.3 Å². The van der Waals surface area contributed by atoms with Gasteiger partial charge in [-0.05, 0) is 26.3 Å². The van der Waals surface area contributed by atoms with Gasteiger partial charge in [0.1, 0.15) is 6.04 Å². The van der Waals surface area contributed by atoms with Gasteiger partial charge in [-0.25, -0.2) is 0 Å². The molecule has 0 saturated heterocycles. The number of thioether (sulfide) groups is 1. The first-order valence-corrected chi connectivity index (χ1v) is 7.69. The molecule has 5 nitrogen and oxygen atoms in total. The molecule has 4 N–H and O–H groups in total. The average Bonchev–Trinajstić information content (AvgIpc) is 2.45. The summed E-state index contributed by atoms with van der Waals surface area (Å²) in [4.78, 5) is 22.9. The molecule has 1 aromatic carbocycles. The second-order valence-electron chi connectivity index (χ2n) is 5.41. The number of carboxylic acid groups (broad SMARTS) is 1. The zero-order valence-corrected chi connectivity index (χ0v) is 13.3. The molecule has 0 aromatic heterocycles. The molecular weight excluding hydrogens is 288 g/mol. The van der Waals surface area contributed by atoms with Gasteiger partial charge in [0, 0.05) is 4.75 Å². The minimum Gasteiger partial charge on any atom is -0.480 e. The van der Waals surface area contributed by atoms with E-state index >= 15 is 0 Å². The normalized spacial score (nSPS) is 14.3. The minimum absolute atomic E-state index is 0.0874. The summed E-state index contributed by atoms with van der Waals surface area (Å²) in [5.74, 6) is -1.03. The van der Waals surface area contributed by atoms with Crippen molar-refractivity contribution < 1.29 is 14.7 Å². The van der Waals surface area contributed by atoms with Crippen LogP contribution in [0, 0.1) is 0 Å². The summed E-state index contributed by atoms with van der Waals surface area (Å²) in [7, 11) is 0. The van der Waals surface area contributed by atoms with Crippen LogP contribution in [0.25, 0.3) is 0 Å². The lowest BCUT2D eigenvalue weighted by molar-refractivity contribution is -0.139. The van der Waals surface area contributed by atoms with Crippen LogP contribution < -0.4 is 11.1 Å². The van der Waals surface area contributed by atoms with Crippen LogP contribution in [0.3, 0.4) is 0 Å². The fourth-order valence-electron chi connectivity index (χ4n) is 1.75. The Morgan fingerprint density at radius 1 is 1.33 bits per heavy atom. The number of nitrogens with one attached hydrogen (secondary N) is 1. The van der Waals surface area contributed by atoms with E-state index in [1.165, 1.54) is 11.8 Å². The van der Waals surface area contributed by atoms with Gasteiger partial charge in [-0.3, -0.25) is 9.59 Å². The lowest BCUT2D eigenvalue weighted by Crippen LogP contribution is -2.47. The second kappa shape index (κ2) is 7.47. The van der Waals surface area contributed by atoms with E-state index in [1.807, 2.05) is 37.3 Å². The van der Waals surface area contributed by atoms with Crippen molar-refractivity contribution in [2.24, 2.45) is 5.73 Å². The van der Waals surface area contributed by atoms with Crippen molar-refractivity contribution in [2.75, 3.05) is 5.75 Å². The lowest BCUT2D eigenvalue weighted by atomic mass is 10.1. The van der Waals surface area contributed by atoms with E-state index in [4.69, 9.17) is 10.8 Å². The molecule has 1 unspecified atom stereocenters. The van der Waals surface area contributed by atoms with Gasteiger partial charge >= 0.3 is 5.97 Å². The summed E-state index contributed by atoms with van der Waals surface area (Å²) < 4.78 is -0.709. The number of carboxylic acids is 1. The molecule has 0 aliphatic rings. The van der Waals surface area contributed by atoms with Crippen molar-refractivity contribution in [1.29, 1.82) is 0 Å². The maximum absolute atomic E-state index is 11.9.